The number of carbonyl (C=O) groups is 2. The number of aliphatic hydroxyl groups excluding tert-OH is 1. The minimum absolute atomic E-state index is 0.00583. The predicted octanol–water partition coefficient (Wildman–Crippen LogP) is 5.06. The summed E-state index contributed by atoms with van der Waals surface area (Å²) >= 11 is 0. The number of amides is 1. The lowest BCUT2D eigenvalue weighted by atomic mass is 9.95. The Kier molecular flexibility index (Phi) is 6.87. The number of pyridine rings is 1. The molecule has 8 nitrogen and oxygen atoms in total. The number of ether oxygens (including phenoxy) is 2. The van der Waals surface area contributed by atoms with E-state index in [4.69, 9.17) is 9.47 Å². The number of Topliss-reactive ketones (excluding diaryl/α,β-unsaturated/α-hetero) is 1. The van der Waals surface area contributed by atoms with Crippen LogP contribution in [0.5, 0.6) is 11.5 Å². The van der Waals surface area contributed by atoms with Crippen LogP contribution < -0.4 is 9.47 Å². The zero-order valence-corrected chi connectivity index (χ0v) is 21.5. The van der Waals surface area contributed by atoms with Crippen molar-refractivity contribution in [3.8, 4) is 11.5 Å². The first kappa shape index (κ1) is 25.1. The summed E-state index contributed by atoms with van der Waals surface area (Å²) in [7, 11) is 0. The standard InChI is InChI=1S/C30H29N3O5/c1-4-37-22-15-14-21(17-23(22)38-5-2)27-25(28(34)26-19(3)31-24-13-9-10-16-32(24)26)29(35)30(36)33(27)18-20-11-7-6-8-12-20/h6-17,27,34H,4-5,18H2,1-3H3/b28-25+. The quantitative estimate of drug-likeness (QED) is 0.202. The predicted molar refractivity (Wildman–Crippen MR) is 143 cm³/mol. The highest BCUT2D eigenvalue weighted by Gasteiger charge is 2.46. The number of nitrogens with zero attached hydrogens (tertiary/aromatic N) is 3. The van der Waals surface area contributed by atoms with Crippen LogP contribution in [0.1, 0.15) is 42.4 Å². The van der Waals surface area contributed by atoms with Gasteiger partial charge in [0, 0.05) is 12.7 Å². The van der Waals surface area contributed by atoms with Gasteiger partial charge >= 0.3 is 0 Å². The minimum Gasteiger partial charge on any atom is -0.505 e. The summed E-state index contributed by atoms with van der Waals surface area (Å²) in [5, 5.41) is 11.7. The molecule has 3 heterocycles. The Balaban J connectivity index is 1.72. The first-order chi connectivity index (χ1) is 18.4. The van der Waals surface area contributed by atoms with E-state index in [0.29, 0.717) is 47.3 Å². The molecule has 1 N–H and O–H groups in total. The number of imidazole rings is 1. The fourth-order valence-corrected chi connectivity index (χ4v) is 4.93. The molecule has 2 aromatic carbocycles. The first-order valence-corrected chi connectivity index (χ1v) is 12.6. The topological polar surface area (TPSA) is 93.4 Å². The Morgan fingerprint density at radius 2 is 1.66 bits per heavy atom. The largest absolute Gasteiger partial charge is 0.505 e. The van der Waals surface area contributed by atoms with E-state index in [2.05, 4.69) is 4.98 Å². The Morgan fingerprint density at radius 3 is 2.39 bits per heavy atom. The summed E-state index contributed by atoms with van der Waals surface area (Å²) in [4.78, 5) is 33.0. The van der Waals surface area contributed by atoms with Gasteiger partial charge in [-0.05, 0) is 56.2 Å². The van der Waals surface area contributed by atoms with Crippen LogP contribution in [0.15, 0.2) is 78.5 Å². The average molecular weight is 512 g/mol. The molecule has 1 fully saturated rings. The molecule has 2 aromatic heterocycles. The lowest BCUT2D eigenvalue weighted by Crippen LogP contribution is -2.29. The minimum atomic E-state index is -0.848. The maximum atomic E-state index is 13.6. The SMILES string of the molecule is CCOc1ccc(C2/C(=C(\O)c3c(C)nc4ccccn34)C(=O)C(=O)N2Cc2ccccc2)cc1OCC. The van der Waals surface area contributed by atoms with Crippen LogP contribution in [0.3, 0.4) is 0 Å². The number of aliphatic hydroxyl groups is 1. The fraction of sp³-hybridized carbons (Fsp3) is 0.233. The van der Waals surface area contributed by atoms with Gasteiger partial charge in [0.05, 0.1) is 30.5 Å². The van der Waals surface area contributed by atoms with Crippen LogP contribution in [0.4, 0.5) is 0 Å². The van der Waals surface area contributed by atoms with Crippen molar-refractivity contribution in [2.24, 2.45) is 0 Å². The maximum Gasteiger partial charge on any atom is 0.295 e. The van der Waals surface area contributed by atoms with E-state index >= 15 is 0 Å². The van der Waals surface area contributed by atoms with Crippen molar-refractivity contribution in [2.45, 2.75) is 33.4 Å². The van der Waals surface area contributed by atoms with E-state index in [1.807, 2.05) is 62.4 Å². The second-order valence-corrected chi connectivity index (χ2v) is 8.96. The molecule has 1 atom stereocenters. The average Bonchev–Trinajstić information content (AvgIpc) is 3.38. The Morgan fingerprint density at radius 1 is 0.947 bits per heavy atom. The number of rotatable bonds is 8. The number of benzene rings is 2. The van der Waals surface area contributed by atoms with Crippen molar-refractivity contribution in [2.75, 3.05) is 13.2 Å². The first-order valence-electron chi connectivity index (χ1n) is 12.6. The smallest absolute Gasteiger partial charge is 0.295 e. The molecule has 0 saturated carbocycles. The number of fused-ring (bicyclic) bond motifs is 1. The molecular weight excluding hydrogens is 482 g/mol. The molecule has 0 aliphatic carbocycles. The molecule has 0 spiro atoms. The van der Waals surface area contributed by atoms with Gasteiger partial charge in [-0.25, -0.2) is 4.98 Å². The molecule has 4 aromatic rings. The Labute approximate surface area is 220 Å². The van der Waals surface area contributed by atoms with E-state index < -0.39 is 17.7 Å². The molecule has 0 bridgehead atoms. The number of aryl methyl sites for hydroxylation is 1. The van der Waals surface area contributed by atoms with Gasteiger partial charge in [-0.3, -0.25) is 14.0 Å². The van der Waals surface area contributed by atoms with Crippen molar-refractivity contribution in [3.05, 3.63) is 101 Å². The molecule has 8 heteroatoms. The van der Waals surface area contributed by atoms with Crippen molar-refractivity contribution < 1.29 is 24.2 Å². The number of hydrogen-bond acceptors (Lipinski definition) is 6. The van der Waals surface area contributed by atoms with E-state index in [0.717, 1.165) is 5.56 Å². The van der Waals surface area contributed by atoms with Crippen LogP contribution >= 0.6 is 0 Å². The van der Waals surface area contributed by atoms with Crippen LogP contribution in [0.25, 0.3) is 11.4 Å². The van der Waals surface area contributed by atoms with E-state index in [1.165, 1.54) is 4.90 Å². The summed E-state index contributed by atoms with van der Waals surface area (Å²) in [5.41, 5.74) is 3.04. The molecule has 1 aliphatic rings. The zero-order valence-electron chi connectivity index (χ0n) is 21.5. The van der Waals surface area contributed by atoms with Crippen molar-refractivity contribution in [1.29, 1.82) is 0 Å². The zero-order chi connectivity index (χ0) is 26.8. The molecule has 1 unspecified atom stereocenters. The summed E-state index contributed by atoms with van der Waals surface area (Å²) in [6.07, 6.45) is 1.77. The summed E-state index contributed by atoms with van der Waals surface area (Å²) < 4.78 is 13.3. The molecule has 1 saturated heterocycles. The second-order valence-electron chi connectivity index (χ2n) is 8.96. The lowest BCUT2D eigenvalue weighted by Gasteiger charge is -2.26. The highest BCUT2D eigenvalue weighted by atomic mass is 16.5. The number of ketones is 1. The lowest BCUT2D eigenvalue weighted by molar-refractivity contribution is -0.140. The second kappa shape index (κ2) is 10.4. The van der Waals surface area contributed by atoms with Gasteiger partial charge in [0.25, 0.3) is 11.7 Å². The van der Waals surface area contributed by atoms with Crippen LogP contribution in [0, 0.1) is 6.92 Å². The van der Waals surface area contributed by atoms with Crippen LogP contribution in [-0.4, -0.2) is 44.3 Å². The third kappa shape index (κ3) is 4.38. The van der Waals surface area contributed by atoms with Crippen LogP contribution in [-0.2, 0) is 16.1 Å². The van der Waals surface area contributed by atoms with Gasteiger partial charge in [-0.1, -0.05) is 42.5 Å². The number of likely N-dealkylation sites (tertiary alicyclic amines) is 1. The van der Waals surface area contributed by atoms with E-state index in [9.17, 15) is 14.7 Å². The third-order valence-electron chi connectivity index (χ3n) is 6.55. The van der Waals surface area contributed by atoms with E-state index in [1.54, 1.807) is 35.7 Å². The van der Waals surface area contributed by atoms with Gasteiger partial charge in [-0.2, -0.15) is 0 Å². The summed E-state index contributed by atoms with van der Waals surface area (Å²) in [6.45, 7) is 6.58. The molecule has 1 amide bonds. The van der Waals surface area contributed by atoms with Crippen molar-refractivity contribution in [3.63, 3.8) is 0 Å². The normalized spacial score (nSPS) is 16.8. The van der Waals surface area contributed by atoms with Gasteiger partial charge in [-0.15, -0.1) is 0 Å². The summed E-state index contributed by atoms with van der Waals surface area (Å²) in [5.74, 6) is -0.634. The summed E-state index contributed by atoms with van der Waals surface area (Å²) in [6, 6.07) is 19.4. The number of aromatic nitrogens is 2. The molecular formula is C30H29N3O5. The van der Waals surface area contributed by atoms with Gasteiger partial charge in [0.2, 0.25) is 0 Å². The monoisotopic (exact) mass is 511 g/mol. The van der Waals surface area contributed by atoms with Gasteiger partial charge in [0.1, 0.15) is 11.3 Å². The molecule has 1 aliphatic heterocycles. The van der Waals surface area contributed by atoms with Crippen molar-refractivity contribution >= 4 is 23.1 Å². The fourth-order valence-electron chi connectivity index (χ4n) is 4.93. The van der Waals surface area contributed by atoms with Crippen molar-refractivity contribution in [1.82, 2.24) is 14.3 Å². The Bertz CT molecular complexity index is 1540. The van der Waals surface area contributed by atoms with Crippen LogP contribution in [0.2, 0.25) is 0 Å². The highest BCUT2D eigenvalue weighted by molar-refractivity contribution is 6.46. The maximum absolute atomic E-state index is 13.6. The third-order valence-corrected chi connectivity index (χ3v) is 6.55. The number of hydrogen-bond donors (Lipinski definition) is 1. The molecule has 38 heavy (non-hydrogen) atoms. The van der Waals surface area contributed by atoms with Gasteiger partial charge < -0.3 is 19.5 Å². The molecule has 5 rings (SSSR count). The Hall–Kier alpha value is -4.59. The van der Waals surface area contributed by atoms with Gasteiger partial charge in [0.15, 0.2) is 17.3 Å². The highest BCUT2D eigenvalue weighted by Crippen LogP contribution is 2.43. The van der Waals surface area contributed by atoms with E-state index in [-0.39, 0.29) is 17.9 Å². The molecule has 194 valence electrons. The number of carbonyl (C=O) groups excluding carboxylic acids is 2. The molecule has 0 radical (unpaired) electrons.